The van der Waals surface area contributed by atoms with Gasteiger partial charge in [0, 0.05) is 32.6 Å². The topological polar surface area (TPSA) is 99.8 Å². The Morgan fingerprint density at radius 2 is 1.66 bits per heavy atom. The van der Waals surface area contributed by atoms with Gasteiger partial charge < -0.3 is 25.6 Å². The van der Waals surface area contributed by atoms with E-state index in [-0.39, 0.29) is 6.10 Å². The van der Waals surface area contributed by atoms with Crippen LogP contribution < -0.4 is 26.8 Å². The van der Waals surface area contributed by atoms with Crippen LogP contribution in [0.1, 0.15) is 91.4 Å². The monoisotopic (exact) mass is 610 g/mol. The maximum atomic E-state index is 12.8. The highest BCUT2D eigenvalue weighted by atomic mass is 16.6. The van der Waals surface area contributed by atoms with Crippen molar-refractivity contribution < 1.29 is 9.53 Å². The van der Waals surface area contributed by atoms with Crippen LogP contribution in [0.2, 0.25) is 0 Å². The molecule has 3 N–H and O–H groups in total. The Hall–Kier alpha value is -2.35. The van der Waals surface area contributed by atoms with Gasteiger partial charge >= 0.3 is 6.09 Å². The molecule has 4 aliphatic carbocycles. The van der Waals surface area contributed by atoms with Gasteiger partial charge in [0.05, 0.1) is 0 Å². The summed E-state index contributed by atoms with van der Waals surface area (Å²) in [4.78, 5) is 38.7. The summed E-state index contributed by atoms with van der Waals surface area (Å²) in [6.07, 6.45) is 16.2. The predicted octanol–water partition coefficient (Wildman–Crippen LogP) is 6.02. The van der Waals surface area contributed by atoms with Crippen molar-refractivity contribution in [2.45, 2.75) is 97.5 Å². The van der Waals surface area contributed by atoms with Crippen LogP contribution in [0, 0.1) is 47.3 Å². The SMILES string of the molecule is CC(C)CCC[C@@H](C)C1C=C2CC(OC(=O)NCCNc3c(NCCN(C)C)c(=O)c3=O)CCC2C2CCC3CCCC3C21. The lowest BCUT2D eigenvalue weighted by atomic mass is 9.52. The summed E-state index contributed by atoms with van der Waals surface area (Å²) in [6, 6.07) is 0. The van der Waals surface area contributed by atoms with Crippen molar-refractivity contribution in [3.63, 3.8) is 0 Å². The molecule has 246 valence electrons. The van der Waals surface area contributed by atoms with Crippen LogP contribution in [0.3, 0.4) is 0 Å². The van der Waals surface area contributed by atoms with Gasteiger partial charge in [-0.05, 0) is 93.5 Å². The standard InChI is InChI=1S/C36H58N4O4/c1-22(2)8-6-9-23(3)30-21-25-20-26(13-15-27(25)29-14-12-24-10-7-11-28(24)31(29)30)44-36(43)39-17-16-37-32-33(35(42)34(32)41)38-18-19-40(4)5/h21-24,26-31,37-38H,6-20H2,1-5H3,(H,39,43)/t23-,24?,26?,27?,28?,29?,30?,31?/m1/s1. The third kappa shape index (κ3) is 7.54. The number of alkyl carbamates (subject to hydrolysis) is 1. The van der Waals surface area contributed by atoms with E-state index in [0.29, 0.717) is 48.8 Å². The van der Waals surface area contributed by atoms with Crippen molar-refractivity contribution in [1.82, 2.24) is 10.2 Å². The quantitative estimate of drug-likeness (QED) is 0.135. The molecule has 8 atom stereocenters. The Balaban J connectivity index is 1.14. The highest BCUT2D eigenvalue weighted by Gasteiger charge is 2.51. The maximum absolute atomic E-state index is 12.8. The van der Waals surface area contributed by atoms with E-state index in [1.165, 1.54) is 51.4 Å². The Morgan fingerprint density at radius 3 is 2.39 bits per heavy atom. The molecule has 8 nitrogen and oxygen atoms in total. The third-order valence-electron chi connectivity index (χ3n) is 11.5. The van der Waals surface area contributed by atoms with Crippen molar-refractivity contribution >= 4 is 17.5 Å². The molecule has 1 aromatic carbocycles. The van der Waals surface area contributed by atoms with Gasteiger partial charge in [0.2, 0.25) is 0 Å². The molecule has 3 fully saturated rings. The molecule has 0 saturated heterocycles. The number of fused-ring (bicyclic) bond motifs is 5. The fourth-order valence-electron chi connectivity index (χ4n) is 9.36. The summed E-state index contributed by atoms with van der Waals surface area (Å²) in [6.45, 7) is 9.19. The van der Waals surface area contributed by atoms with Gasteiger partial charge in [-0.1, -0.05) is 64.5 Å². The Labute approximate surface area is 264 Å². The molecule has 8 heteroatoms. The second kappa shape index (κ2) is 14.8. The summed E-state index contributed by atoms with van der Waals surface area (Å²) < 4.78 is 5.95. The zero-order valence-corrected chi connectivity index (χ0v) is 28.0. The summed E-state index contributed by atoms with van der Waals surface area (Å²) in [7, 11) is 3.91. The minimum absolute atomic E-state index is 0.0808. The molecule has 4 aliphatic rings. The van der Waals surface area contributed by atoms with Crippen molar-refractivity contribution in [2.75, 3.05) is 50.9 Å². The summed E-state index contributed by atoms with van der Waals surface area (Å²) in [5, 5.41) is 8.91. The van der Waals surface area contributed by atoms with E-state index in [0.717, 1.165) is 55.4 Å². The first-order chi connectivity index (χ1) is 21.1. The number of carbonyl (C=O) groups is 1. The molecule has 0 heterocycles. The molecule has 7 unspecified atom stereocenters. The molecule has 0 spiro atoms. The van der Waals surface area contributed by atoms with E-state index >= 15 is 0 Å². The first-order valence-electron chi connectivity index (χ1n) is 17.7. The number of amides is 1. The number of hydrogen-bond donors (Lipinski definition) is 3. The number of hydrogen-bond acceptors (Lipinski definition) is 7. The first-order valence-corrected chi connectivity index (χ1v) is 17.7. The smallest absolute Gasteiger partial charge is 0.407 e. The van der Waals surface area contributed by atoms with Gasteiger partial charge in [-0.25, -0.2) is 4.79 Å². The maximum Gasteiger partial charge on any atom is 0.407 e. The fraction of sp³-hybridized carbons (Fsp3) is 0.806. The third-order valence-corrected chi connectivity index (χ3v) is 11.5. The van der Waals surface area contributed by atoms with Gasteiger partial charge in [-0.2, -0.15) is 0 Å². The Bertz CT molecular complexity index is 1220. The van der Waals surface area contributed by atoms with Crippen LogP contribution in [-0.2, 0) is 4.74 Å². The number of ether oxygens (including phenoxy) is 1. The fourth-order valence-corrected chi connectivity index (χ4v) is 9.36. The molecule has 0 radical (unpaired) electrons. The van der Waals surface area contributed by atoms with Crippen LogP contribution in [0.5, 0.6) is 0 Å². The van der Waals surface area contributed by atoms with Crippen molar-refractivity contribution in [3.05, 3.63) is 32.1 Å². The van der Waals surface area contributed by atoms with Gasteiger partial charge in [0.25, 0.3) is 10.9 Å². The molecule has 0 bridgehead atoms. The Kier molecular flexibility index (Phi) is 11.1. The minimum Gasteiger partial charge on any atom is -0.446 e. The highest BCUT2D eigenvalue weighted by Crippen LogP contribution is 2.59. The lowest BCUT2D eigenvalue weighted by Crippen LogP contribution is -2.47. The normalized spacial score (nSPS) is 30.3. The van der Waals surface area contributed by atoms with Crippen LogP contribution in [-0.4, -0.2) is 57.4 Å². The van der Waals surface area contributed by atoms with Gasteiger partial charge in [-0.15, -0.1) is 0 Å². The van der Waals surface area contributed by atoms with Crippen LogP contribution in [0.15, 0.2) is 21.2 Å². The summed E-state index contributed by atoms with van der Waals surface area (Å²) in [5.74, 6) is 6.36. The van der Waals surface area contributed by atoms with Crippen molar-refractivity contribution in [3.8, 4) is 0 Å². The zero-order chi connectivity index (χ0) is 31.4. The largest absolute Gasteiger partial charge is 0.446 e. The molecule has 3 saturated carbocycles. The van der Waals surface area contributed by atoms with Crippen LogP contribution >= 0.6 is 0 Å². The number of likely N-dealkylation sites (N-methyl/N-ethyl adjacent to an activating group) is 1. The number of anilines is 2. The molecule has 1 amide bonds. The predicted molar refractivity (Wildman–Crippen MR) is 179 cm³/mol. The first kappa shape index (κ1) is 33.0. The van der Waals surface area contributed by atoms with E-state index in [1.807, 2.05) is 19.0 Å². The van der Waals surface area contributed by atoms with Crippen molar-refractivity contribution in [1.29, 1.82) is 0 Å². The van der Waals surface area contributed by atoms with Crippen LogP contribution in [0.4, 0.5) is 16.2 Å². The number of allylic oxidation sites excluding steroid dienone is 1. The minimum atomic E-state index is -0.506. The highest BCUT2D eigenvalue weighted by molar-refractivity contribution is 5.74. The molecule has 5 rings (SSSR count). The molecule has 0 aliphatic heterocycles. The molecular weight excluding hydrogens is 552 g/mol. The number of nitrogens with one attached hydrogen (secondary N) is 3. The number of nitrogens with zero attached hydrogens (tertiary/aromatic N) is 1. The average Bonchev–Trinajstić information content (AvgIpc) is 3.48. The molecule has 44 heavy (non-hydrogen) atoms. The van der Waals surface area contributed by atoms with E-state index in [1.54, 1.807) is 5.57 Å². The second-order valence-electron chi connectivity index (χ2n) is 15.2. The van der Waals surface area contributed by atoms with E-state index in [2.05, 4.69) is 42.8 Å². The van der Waals surface area contributed by atoms with Gasteiger partial charge in [0.1, 0.15) is 17.5 Å². The lowest BCUT2D eigenvalue weighted by Gasteiger charge is -2.53. The van der Waals surface area contributed by atoms with Crippen LogP contribution in [0.25, 0.3) is 0 Å². The lowest BCUT2D eigenvalue weighted by molar-refractivity contribution is -0.00121. The molecule has 0 aromatic heterocycles. The summed E-state index contributed by atoms with van der Waals surface area (Å²) >= 11 is 0. The van der Waals surface area contributed by atoms with Gasteiger partial charge in [0.15, 0.2) is 0 Å². The Morgan fingerprint density at radius 1 is 0.909 bits per heavy atom. The molecular formula is C36H58N4O4. The van der Waals surface area contributed by atoms with Crippen molar-refractivity contribution in [2.24, 2.45) is 47.3 Å². The molecule has 1 aromatic rings. The van der Waals surface area contributed by atoms with Gasteiger partial charge in [-0.3, -0.25) is 9.59 Å². The van der Waals surface area contributed by atoms with E-state index in [4.69, 9.17) is 4.74 Å². The number of rotatable bonds is 14. The average molecular weight is 611 g/mol. The number of carbonyl (C=O) groups excluding carboxylic acids is 1. The second-order valence-corrected chi connectivity index (χ2v) is 15.2. The zero-order valence-electron chi connectivity index (χ0n) is 28.0. The summed E-state index contributed by atoms with van der Waals surface area (Å²) in [5.41, 5.74) is 1.23. The van der Waals surface area contributed by atoms with E-state index < -0.39 is 17.0 Å². The van der Waals surface area contributed by atoms with E-state index in [9.17, 15) is 14.4 Å².